The van der Waals surface area contributed by atoms with Crippen molar-refractivity contribution in [1.29, 1.82) is 0 Å². The van der Waals surface area contributed by atoms with Gasteiger partial charge in [0.25, 0.3) is 5.91 Å². The first kappa shape index (κ1) is 19.6. The molecule has 1 heterocycles. The Labute approximate surface area is 168 Å². The molecule has 0 aliphatic carbocycles. The third-order valence-electron chi connectivity index (χ3n) is 4.12. The molecule has 0 atom stereocenters. The van der Waals surface area contributed by atoms with Crippen molar-refractivity contribution in [3.8, 4) is 5.75 Å². The first-order valence-electron chi connectivity index (χ1n) is 8.87. The lowest BCUT2D eigenvalue weighted by Gasteiger charge is -2.09. The highest BCUT2D eigenvalue weighted by molar-refractivity contribution is 6.31. The summed E-state index contributed by atoms with van der Waals surface area (Å²) < 4.78 is 5.23. The maximum atomic E-state index is 12.4. The van der Waals surface area contributed by atoms with Crippen molar-refractivity contribution < 1.29 is 9.53 Å². The molecular formula is C21H21ClN4O2. The molecule has 0 saturated carbocycles. The standard InChI is InChI=1S/C21H21ClN4O2/c1-28-17-7-4-5-15(13-17)9-11-23-21-24-12-10-19(26-21)20(27)25-14-16-6-2-3-8-18(16)22/h2-8,10,12-13H,9,11,14H2,1H3,(H,25,27)(H,23,24,26). The smallest absolute Gasteiger partial charge is 0.270 e. The van der Waals surface area contributed by atoms with E-state index >= 15 is 0 Å². The number of hydrogen-bond acceptors (Lipinski definition) is 5. The van der Waals surface area contributed by atoms with Crippen LogP contribution in [0.1, 0.15) is 21.6 Å². The molecule has 3 rings (SSSR count). The first-order valence-corrected chi connectivity index (χ1v) is 9.25. The predicted molar refractivity (Wildman–Crippen MR) is 110 cm³/mol. The van der Waals surface area contributed by atoms with Crippen LogP contribution in [0.5, 0.6) is 5.75 Å². The van der Waals surface area contributed by atoms with E-state index in [1.54, 1.807) is 25.4 Å². The summed E-state index contributed by atoms with van der Waals surface area (Å²) in [6.45, 7) is 0.971. The summed E-state index contributed by atoms with van der Waals surface area (Å²) in [7, 11) is 1.65. The van der Waals surface area contributed by atoms with E-state index < -0.39 is 0 Å². The Morgan fingerprint density at radius 2 is 2.00 bits per heavy atom. The van der Waals surface area contributed by atoms with Gasteiger partial charge in [0.2, 0.25) is 5.95 Å². The molecule has 0 spiro atoms. The van der Waals surface area contributed by atoms with Gasteiger partial charge in [0.15, 0.2) is 0 Å². The molecule has 1 aromatic heterocycles. The largest absolute Gasteiger partial charge is 0.497 e. The lowest BCUT2D eigenvalue weighted by molar-refractivity contribution is 0.0946. The third kappa shape index (κ3) is 5.44. The Hall–Kier alpha value is -3.12. The second kappa shape index (κ2) is 9.71. The van der Waals surface area contributed by atoms with Gasteiger partial charge >= 0.3 is 0 Å². The first-order chi connectivity index (χ1) is 13.7. The fourth-order valence-electron chi connectivity index (χ4n) is 2.62. The van der Waals surface area contributed by atoms with E-state index in [9.17, 15) is 4.79 Å². The van der Waals surface area contributed by atoms with Crippen molar-refractivity contribution in [1.82, 2.24) is 15.3 Å². The van der Waals surface area contributed by atoms with Crippen molar-refractivity contribution in [2.75, 3.05) is 19.0 Å². The van der Waals surface area contributed by atoms with Crippen LogP contribution in [-0.2, 0) is 13.0 Å². The number of nitrogens with one attached hydrogen (secondary N) is 2. The van der Waals surface area contributed by atoms with E-state index in [1.807, 2.05) is 42.5 Å². The van der Waals surface area contributed by atoms with Gasteiger partial charge in [0.05, 0.1) is 7.11 Å². The number of methoxy groups -OCH3 is 1. The van der Waals surface area contributed by atoms with Gasteiger partial charge in [-0.3, -0.25) is 4.79 Å². The molecule has 2 N–H and O–H groups in total. The summed E-state index contributed by atoms with van der Waals surface area (Å²) in [6, 6.07) is 16.8. The SMILES string of the molecule is COc1cccc(CCNc2nccc(C(=O)NCc3ccccc3Cl)n2)c1. The molecule has 144 valence electrons. The monoisotopic (exact) mass is 396 g/mol. The van der Waals surface area contributed by atoms with Crippen molar-refractivity contribution in [3.63, 3.8) is 0 Å². The van der Waals surface area contributed by atoms with Crippen LogP contribution in [0.3, 0.4) is 0 Å². The topological polar surface area (TPSA) is 76.1 Å². The normalized spacial score (nSPS) is 10.4. The maximum absolute atomic E-state index is 12.4. The average molecular weight is 397 g/mol. The molecule has 0 radical (unpaired) electrons. The summed E-state index contributed by atoms with van der Waals surface area (Å²) in [6.07, 6.45) is 2.34. The fraction of sp³-hybridized carbons (Fsp3) is 0.190. The summed E-state index contributed by atoms with van der Waals surface area (Å²) >= 11 is 6.11. The summed E-state index contributed by atoms with van der Waals surface area (Å²) in [5, 5.41) is 6.58. The molecule has 6 nitrogen and oxygen atoms in total. The van der Waals surface area contributed by atoms with Crippen molar-refractivity contribution in [3.05, 3.63) is 82.6 Å². The van der Waals surface area contributed by atoms with Gasteiger partial charge in [-0.15, -0.1) is 0 Å². The molecule has 0 aliphatic heterocycles. The number of benzene rings is 2. The van der Waals surface area contributed by atoms with E-state index in [1.165, 1.54) is 0 Å². The zero-order chi connectivity index (χ0) is 19.8. The van der Waals surface area contributed by atoms with E-state index in [0.29, 0.717) is 29.8 Å². The third-order valence-corrected chi connectivity index (χ3v) is 4.49. The minimum Gasteiger partial charge on any atom is -0.497 e. The van der Waals surface area contributed by atoms with Crippen LogP contribution in [0.25, 0.3) is 0 Å². The summed E-state index contributed by atoms with van der Waals surface area (Å²) in [5.41, 5.74) is 2.29. The fourth-order valence-corrected chi connectivity index (χ4v) is 2.83. The second-order valence-corrected chi connectivity index (χ2v) is 6.48. The molecule has 28 heavy (non-hydrogen) atoms. The minimum atomic E-state index is -0.279. The molecular weight excluding hydrogens is 376 g/mol. The maximum Gasteiger partial charge on any atom is 0.270 e. The van der Waals surface area contributed by atoms with Crippen LogP contribution in [-0.4, -0.2) is 29.5 Å². The number of halogens is 1. The van der Waals surface area contributed by atoms with Crippen LogP contribution in [0, 0.1) is 0 Å². The number of aromatic nitrogens is 2. The molecule has 0 unspecified atom stereocenters. The van der Waals surface area contributed by atoms with Crippen LogP contribution < -0.4 is 15.4 Å². The number of amides is 1. The van der Waals surface area contributed by atoms with Crippen LogP contribution in [0.4, 0.5) is 5.95 Å². The van der Waals surface area contributed by atoms with E-state index in [0.717, 1.165) is 23.3 Å². The highest BCUT2D eigenvalue weighted by Gasteiger charge is 2.09. The van der Waals surface area contributed by atoms with Gasteiger partial charge in [0, 0.05) is 24.3 Å². The van der Waals surface area contributed by atoms with E-state index in [4.69, 9.17) is 16.3 Å². The number of carbonyl (C=O) groups excluding carboxylic acids is 1. The number of anilines is 1. The quantitative estimate of drug-likeness (QED) is 0.606. The van der Waals surface area contributed by atoms with E-state index in [2.05, 4.69) is 20.6 Å². The predicted octanol–water partition coefficient (Wildman–Crippen LogP) is 3.72. The molecule has 7 heteroatoms. The Morgan fingerprint density at radius 3 is 2.82 bits per heavy atom. The number of rotatable bonds is 8. The minimum absolute atomic E-state index is 0.279. The lowest BCUT2D eigenvalue weighted by Crippen LogP contribution is -2.24. The molecule has 0 saturated heterocycles. The van der Waals surface area contributed by atoms with Crippen molar-refractivity contribution in [2.45, 2.75) is 13.0 Å². The van der Waals surface area contributed by atoms with Gasteiger partial charge in [-0.2, -0.15) is 0 Å². The average Bonchev–Trinajstić information content (AvgIpc) is 2.73. The number of carbonyl (C=O) groups is 1. The number of hydrogen-bond donors (Lipinski definition) is 2. The zero-order valence-corrected chi connectivity index (χ0v) is 16.2. The molecule has 0 aliphatic rings. The molecule has 2 aromatic carbocycles. The Balaban J connectivity index is 1.54. The van der Waals surface area contributed by atoms with Crippen LogP contribution in [0.15, 0.2) is 60.8 Å². The van der Waals surface area contributed by atoms with Crippen molar-refractivity contribution in [2.24, 2.45) is 0 Å². The number of ether oxygens (including phenoxy) is 1. The van der Waals surface area contributed by atoms with Gasteiger partial charge in [0.1, 0.15) is 11.4 Å². The highest BCUT2D eigenvalue weighted by atomic mass is 35.5. The zero-order valence-electron chi connectivity index (χ0n) is 15.5. The van der Waals surface area contributed by atoms with Crippen LogP contribution >= 0.6 is 11.6 Å². The van der Waals surface area contributed by atoms with E-state index in [-0.39, 0.29) is 5.91 Å². The van der Waals surface area contributed by atoms with Crippen molar-refractivity contribution >= 4 is 23.5 Å². The molecule has 3 aromatic rings. The van der Waals surface area contributed by atoms with Gasteiger partial charge in [-0.25, -0.2) is 9.97 Å². The second-order valence-electron chi connectivity index (χ2n) is 6.07. The summed E-state index contributed by atoms with van der Waals surface area (Å²) in [5.74, 6) is 0.956. The summed E-state index contributed by atoms with van der Waals surface area (Å²) in [4.78, 5) is 20.8. The van der Waals surface area contributed by atoms with Gasteiger partial charge in [-0.05, 0) is 41.8 Å². The Morgan fingerprint density at radius 1 is 1.14 bits per heavy atom. The lowest BCUT2D eigenvalue weighted by atomic mass is 10.1. The van der Waals surface area contributed by atoms with Gasteiger partial charge < -0.3 is 15.4 Å². The number of nitrogens with zero attached hydrogens (tertiary/aromatic N) is 2. The molecule has 1 amide bonds. The highest BCUT2D eigenvalue weighted by Crippen LogP contribution is 2.15. The van der Waals surface area contributed by atoms with Gasteiger partial charge in [-0.1, -0.05) is 41.9 Å². The Bertz CT molecular complexity index is 949. The molecule has 0 bridgehead atoms. The van der Waals surface area contributed by atoms with Crippen LogP contribution in [0.2, 0.25) is 5.02 Å². The Kier molecular flexibility index (Phi) is 6.81. The molecule has 0 fully saturated rings.